The van der Waals surface area contributed by atoms with Crippen molar-refractivity contribution in [2.45, 2.75) is 25.9 Å². The number of unbranched alkanes of at least 4 members (excludes halogenated alkanes) is 1. The zero-order chi connectivity index (χ0) is 11.1. The molecule has 1 aromatic carbocycles. The van der Waals surface area contributed by atoms with Crippen molar-refractivity contribution >= 4 is 11.6 Å². The van der Waals surface area contributed by atoms with Crippen molar-refractivity contribution in [2.75, 3.05) is 13.2 Å². The lowest BCUT2D eigenvalue weighted by molar-refractivity contribution is 0.0566. The minimum Gasteiger partial charge on any atom is -0.372 e. The molecule has 0 fully saturated rings. The van der Waals surface area contributed by atoms with Crippen LogP contribution in [0.5, 0.6) is 0 Å². The van der Waals surface area contributed by atoms with Gasteiger partial charge in [0.05, 0.1) is 6.10 Å². The lowest BCUT2D eigenvalue weighted by Gasteiger charge is -2.16. The Morgan fingerprint density at radius 1 is 1.47 bits per heavy atom. The molecule has 2 N–H and O–H groups in total. The second kappa shape index (κ2) is 6.83. The lowest BCUT2D eigenvalue weighted by atomic mass is 10.1. The molecule has 1 rings (SSSR count). The van der Waals surface area contributed by atoms with Gasteiger partial charge in [0, 0.05) is 18.2 Å². The Balaban J connectivity index is 2.57. The van der Waals surface area contributed by atoms with Crippen molar-refractivity contribution in [3.8, 4) is 0 Å². The largest absolute Gasteiger partial charge is 0.372 e. The molecule has 1 unspecified atom stereocenters. The maximum Gasteiger partial charge on any atom is 0.0947 e. The zero-order valence-corrected chi connectivity index (χ0v) is 9.83. The summed E-state index contributed by atoms with van der Waals surface area (Å²) < 4.78 is 5.69. The molecule has 84 valence electrons. The zero-order valence-electron chi connectivity index (χ0n) is 9.08. The van der Waals surface area contributed by atoms with E-state index in [2.05, 4.69) is 6.92 Å². The summed E-state index contributed by atoms with van der Waals surface area (Å²) in [7, 11) is 0. The first-order valence-corrected chi connectivity index (χ1v) is 5.72. The first-order valence-electron chi connectivity index (χ1n) is 5.35. The van der Waals surface area contributed by atoms with E-state index in [1.807, 2.05) is 24.3 Å². The van der Waals surface area contributed by atoms with Crippen LogP contribution in [0.2, 0.25) is 5.02 Å². The molecule has 0 aliphatic rings. The van der Waals surface area contributed by atoms with Crippen LogP contribution >= 0.6 is 11.6 Å². The van der Waals surface area contributed by atoms with Gasteiger partial charge in [0.1, 0.15) is 0 Å². The third-order valence-corrected chi connectivity index (χ3v) is 2.49. The fourth-order valence-electron chi connectivity index (χ4n) is 1.38. The molecule has 1 aromatic rings. The smallest absolute Gasteiger partial charge is 0.0947 e. The van der Waals surface area contributed by atoms with Crippen LogP contribution in [-0.2, 0) is 4.74 Å². The van der Waals surface area contributed by atoms with Gasteiger partial charge < -0.3 is 10.5 Å². The van der Waals surface area contributed by atoms with Gasteiger partial charge in [-0.3, -0.25) is 0 Å². The quantitative estimate of drug-likeness (QED) is 0.758. The number of hydrogen-bond acceptors (Lipinski definition) is 2. The molecular formula is C12H18ClNO. The summed E-state index contributed by atoms with van der Waals surface area (Å²) in [5.74, 6) is 0. The van der Waals surface area contributed by atoms with Crippen molar-refractivity contribution in [1.82, 2.24) is 0 Å². The highest BCUT2D eigenvalue weighted by atomic mass is 35.5. The highest BCUT2D eigenvalue weighted by Crippen LogP contribution is 2.20. The Bertz CT molecular complexity index is 291. The molecule has 0 saturated carbocycles. The summed E-state index contributed by atoms with van der Waals surface area (Å²) >= 11 is 5.91. The first-order chi connectivity index (χ1) is 7.27. The normalized spacial score (nSPS) is 12.7. The SMILES string of the molecule is CCCCOC(CN)c1cccc(Cl)c1. The molecule has 15 heavy (non-hydrogen) atoms. The molecule has 0 aliphatic carbocycles. The second-order valence-corrected chi connectivity index (χ2v) is 3.94. The molecule has 2 nitrogen and oxygen atoms in total. The average Bonchev–Trinajstić information content (AvgIpc) is 2.24. The van der Waals surface area contributed by atoms with Gasteiger partial charge in [-0.15, -0.1) is 0 Å². The Labute approximate surface area is 96.4 Å². The minimum absolute atomic E-state index is 0.0322. The number of hydrogen-bond donors (Lipinski definition) is 1. The van der Waals surface area contributed by atoms with Gasteiger partial charge in [0.15, 0.2) is 0 Å². The molecule has 3 heteroatoms. The summed E-state index contributed by atoms with van der Waals surface area (Å²) in [5.41, 5.74) is 6.73. The van der Waals surface area contributed by atoms with Gasteiger partial charge in [-0.05, 0) is 24.1 Å². The number of halogens is 1. The summed E-state index contributed by atoms with van der Waals surface area (Å²) in [6.45, 7) is 3.38. The molecule has 0 saturated heterocycles. The van der Waals surface area contributed by atoms with Gasteiger partial charge in [-0.1, -0.05) is 37.1 Å². The molecule has 0 amide bonds. The van der Waals surface area contributed by atoms with Gasteiger partial charge in [-0.25, -0.2) is 0 Å². The van der Waals surface area contributed by atoms with Crippen molar-refractivity contribution in [2.24, 2.45) is 5.73 Å². The third-order valence-electron chi connectivity index (χ3n) is 2.25. The van der Waals surface area contributed by atoms with Crippen LogP contribution in [0, 0.1) is 0 Å². The van der Waals surface area contributed by atoms with E-state index < -0.39 is 0 Å². The minimum atomic E-state index is -0.0322. The van der Waals surface area contributed by atoms with Gasteiger partial charge in [0.25, 0.3) is 0 Å². The van der Waals surface area contributed by atoms with E-state index >= 15 is 0 Å². The number of ether oxygens (including phenoxy) is 1. The maximum absolute atomic E-state index is 5.91. The van der Waals surface area contributed by atoms with Gasteiger partial charge >= 0.3 is 0 Å². The van der Waals surface area contributed by atoms with Crippen LogP contribution in [0.4, 0.5) is 0 Å². The van der Waals surface area contributed by atoms with Gasteiger partial charge in [0.2, 0.25) is 0 Å². The van der Waals surface area contributed by atoms with Crippen molar-refractivity contribution in [3.05, 3.63) is 34.9 Å². The van der Waals surface area contributed by atoms with Crippen LogP contribution in [0.1, 0.15) is 31.4 Å². The van der Waals surface area contributed by atoms with Gasteiger partial charge in [-0.2, -0.15) is 0 Å². The Morgan fingerprint density at radius 3 is 2.87 bits per heavy atom. The molecule has 0 bridgehead atoms. The van der Waals surface area contributed by atoms with Crippen molar-refractivity contribution in [3.63, 3.8) is 0 Å². The van der Waals surface area contributed by atoms with E-state index in [4.69, 9.17) is 22.1 Å². The van der Waals surface area contributed by atoms with Crippen molar-refractivity contribution < 1.29 is 4.74 Å². The van der Waals surface area contributed by atoms with Crippen LogP contribution in [0.15, 0.2) is 24.3 Å². The molecule has 0 spiro atoms. The molecular weight excluding hydrogens is 210 g/mol. The van der Waals surface area contributed by atoms with Crippen LogP contribution < -0.4 is 5.73 Å². The highest BCUT2D eigenvalue weighted by Gasteiger charge is 2.09. The Morgan fingerprint density at radius 2 is 2.27 bits per heavy atom. The predicted molar refractivity (Wildman–Crippen MR) is 64.1 cm³/mol. The van der Waals surface area contributed by atoms with E-state index in [-0.39, 0.29) is 6.10 Å². The maximum atomic E-state index is 5.91. The standard InChI is InChI=1S/C12H18ClNO/c1-2-3-7-15-12(9-14)10-5-4-6-11(13)8-10/h4-6,8,12H,2-3,7,9,14H2,1H3. The van der Waals surface area contributed by atoms with E-state index in [1.165, 1.54) is 0 Å². The first kappa shape index (κ1) is 12.5. The highest BCUT2D eigenvalue weighted by molar-refractivity contribution is 6.30. The topological polar surface area (TPSA) is 35.2 Å². The van der Waals surface area contributed by atoms with E-state index in [0.29, 0.717) is 6.54 Å². The Hall–Kier alpha value is -0.570. The summed E-state index contributed by atoms with van der Waals surface area (Å²) in [6.07, 6.45) is 2.17. The van der Waals surface area contributed by atoms with E-state index in [1.54, 1.807) is 0 Å². The summed E-state index contributed by atoms with van der Waals surface area (Å²) in [6, 6.07) is 7.68. The van der Waals surface area contributed by atoms with Crippen LogP contribution in [0.25, 0.3) is 0 Å². The fourth-order valence-corrected chi connectivity index (χ4v) is 1.58. The second-order valence-electron chi connectivity index (χ2n) is 3.50. The summed E-state index contributed by atoms with van der Waals surface area (Å²) in [4.78, 5) is 0. The third kappa shape index (κ3) is 4.20. The van der Waals surface area contributed by atoms with E-state index in [0.717, 1.165) is 30.0 Å². The van der Waals surface area contributed by atoms with Crippen LogP contribution in [-0.4, -0.2) is 13.2 Å². The van der Waals surface area contributed by atoms with E-state index in [9.17, 15) is 0 Å². The van der Waals surface area contributed by atoms with Crippen LogP contribution in [0.3, 0.4) is 0 Å². The monoisotopic (exact) mass is 227 g/mol. The molecule has 0 aliphatic heterocycles. The fraction of sp³-hybridized carbons (Fsp3) is 0.500. The molecule has 0 aromatic heterocycles. The number of rotatable bonds is 6. The molecule has 1 atom stereocenters. The summed E-state index contributed by atoms with van der Waals surface area (Å²) in [5, 5.41) is 0.727. The number of benzene rings is 1. The Kier molecular flexibility index (Phi) is 5.69. The number of nitrogens with two attached hydrogens (primary N) is 1. The predicted octanol–water partition coefficient (Wildman–Crippen LogP) is 3.16. The average molecular weight is 228 g/mol. The molecule has 0 heterocycles. The lowest BCUT2D eigenvalue weighted by Crippen LogP contribution is -2.16. The van der Waals surface area contributed by atoms with Crippen molar-refractivity contribution in [1.29, 1.82) is 0 Å². The molecule has 0 radical (unpaired) electrons.